The second-order valence-electron chi connectivity index (χ2n) is 6.09. The molecule has 2 aliphatic heterocycles. The number of alkyl halides is 3. The second-order valence-corrected chi connectivity index (χ2v) is 6.09. The first-order valence-electron chi connectivity index (χ1n) is 8.50. The topological polar surface area (TPSA) is 71.9 Å². The van der Waals surface area contributed by atoms with Crippen molar-refractivity contribution < 1.29 is 32.5 Å². The smallest absolute Gasteiger partial charge is 0.475 e. The lowest BCUT2D eigenvalue weighted by Gasteiger charge is -2.32. The number of rotatable bonds is 4. The quantitative estimate of drug-likeness (QED) is 0.871. The molecule has 146 valence electrons. The first kappa shape index (κ1) is 20.6. The minimum absolute atomic E-state index is 0.221. The molecule has 0 unspecified atom stereocenters. The molecule has 0 amide bonds. The van der Waals surface area contributed by atoms with Gasteiger partial charge in [-0.05, 0) is 31.9 Å². The van der Waals surface area contributed by atoms with E-state index in [1.165, 1.54) is 6.42 Å². The van der Waals surface area contributed by atoms with Crippen molar-refractivity contribution in [3.63, 3.8) is 0 Å². The number of carboxylic acids is 1. The van der Waals surface area contributed by atoms with E-state index in [1.807, 2.05) is 18.3 Å². The number of aliphatic carboxylic acids is 1. The maximum atomic E-state index is 10.6. The van der Waals surface area contributed by atoms with E-state index in [9.17, 15) is 13.2 Å². The van der Waals surface area contributed by atoms with Gasteiger partial charge < -0.3 is 14.6 Å². The fourth-order valence-electron chi connectivity index (χ4n) is 3.25. The van der Waals surface area contributed by atoms with Crippen LogP contribution in [0.5, 0.6) is 0 Å². The third kappa shape index (κ3) is 5.65. The Morgan fingerprint density at radius 2 is 2.19 bits per heavy atom. The maximum Gasteiger partial charge on any atom is 0.490 e. The Labute approximate surface area is 149 Å². The number of carbonyl (C=O) groups is 1. The monoisotopic (exact) mass is 376 g/mol. The van der Waals surface area contributed by atoms with Gasteiger partial charge in [-0.3, -0.25) is 9.88 Å². The van der Waals surface area contributed by atoms with Gasteiger partial charge in [-0.1, -0.05) is 6.07 Å². The van der Waals surface area contributed by atoms with Crippen LogP contribution in [-0.2, 0) is 20.8 Å². The number of fused-ring (bicyclic) bond motifs is 1. The first-order chi connectivity index (χ1) is 12.3. The van der Waals surface area contributed by atoms with Gasteiger partial charge in [-0.15, -0.1) is 0 Å². The zero-order chi connectivity index (χ0) is 19.2. The number of hydrogen-bond donors (Lipinski definition) is 1. The van der Waals surface area contributed by atoms with Crippen LogP contribution in [0.15, 0.2) is 24.4 Å². The largest absolute Gasteiger partial charge is 0.490 e. The van der Waals surface area contributed by atoms with Crippen LogP contribution in [0.4, 0.5) is 13.2 Å². The van der Waals surface area contributed by atoms with E-state index in [2.05, 4.69) is 22.9 Å². The molecule has 6 nitrogen and oxygen atoms in total. The highest BCUT2D eigenvalue weighted by Gasteiger charge is 2.44. The fourth-order valence-corrected chi connectivity index (χ4v) is 3.25. The predicted octanol–water partition coefficient (Wildman–Crippen LogP) is 2.48. The lowest BCUT2D eigenvalue weighted by molar-refractivity contribution is -0.192. The zero-order valence-electron chi connectivity index (χ0n) is 14.5. The highest BCUT2D eigenvalue weighted by Crippen LogP contribution is 2.31. The molecule has 0 bridgehead atoms. The summed E-state index contributed by atoms with van der Waals surface area (Å²) in [7, 11) is 0. The summed E-state index contributed by atoms with van der Waals surface area (Å²) < 4.78 is 43.5. The highest BCUT2D eigenvalue weighted by molar-refractivity contribution is 5.73. The minimum atomic E-state index is -5.08. The van der Waals surface area contributed by atoms with Crippen molar-refractivity contribution in [1.29, 1.82) is 0 Å². The van der Waals surface area contributed by atoms with Gasteiger partial charge in [0, 0.05) is 38.5 Å². The van der Waals surface area contributed by atoms with Crippen molar-refractivity contribution in [2.45, 2.75) is 50.7 Å². The molecule has 3 rings (SSSR count). The number of halogens is 3. The molecular weight excluding hydrogens is 353 g/mol. The molecular formula is C17H23F3N2O4. The second kappa shape index (κ2) is 9.29. The minimum Gasteiger partial charge on any atom is -0.475 e. The van der Waals surface area contributed by atoms with Gasteiger partial charge in [0.2, 0.25) is 0 Å². The maximum absolute atomic E-state index is 10.6. The van der Waals surface area contributed by atoms with Crippen molar-refractivity contribution >= 4 is 5.97 Å². The highest BCUT2D eigenvalue weighted by atomic mass is 19.4. The Hall–Kier alpha value is -1.71. The van der Waals surface area contributed by atoms with Crippen LogP contribution in [0.3, 0.4) is 0 Å². The molecule has 1 aromatic heterocycles. The molecule has 0 saturated carbocycles. The van der Waals surface area contributed by atoms with Gasteiger partial charge >= 0.3 is 12.1 Å². The summed E-state index contributed by atoms with van der Waals surface area (Å²) in [5.41, 5.74) is 1.13. The summed E-state index contributed by atoms with van der Waals surface area (Å²) in [6.07, 6.45) is -0.392. The molecule has 1 aromatic rings. The van der Waals surface area contributed by atoms with Gasteiger partial charge in [0.25, 0.3) is 0 Å². The normalized spacial score (nSPS) is 25.9. The number of ether oxygens (including phenoxy) is 2. The molecule has 3 atom stereocenters. The van der Waals surface area contributed by atoms with E-state index in [4.69, 9.17) is 19.4 Å². The molecule has 9 heteroatoms. The molecule has 1 N–H and O–H groups in total. The summed E-state index contributed by atoms with van der Waals surface area (Å²) in [6.45, 7) is 5.55. The summed E-state index contributed by atoms with van der Waals surface area (Å²) in [6, 6.07) is 6.59. The fraction of sp³-hybridized carbons (Fsp3) is 0.647. The SMILES string of the molecule is CCO[C@H]1CN(Cc2ccccn2)[C@@H]2CCCO[C@H]12.O=C(O)C(F)(F)F. The molecule has 0 aromatic carbocycles. The Kier molecular flexibility index (Phi) is 7.36. The van der Waals surface area contributed by atoms with Crippen LogP contribution in [0, 0.1) is 0 Å². The summed E-state index contributed by atoms with van der Waals surface area (Å²) >= 11 is 0. The van der Waals surface area contributed by atoms with Crippen LogP contribution in [0.25, 0.3) is 0 Å². The Morgan fingerprint density at radius 1 is 1.46 bits per heavy atom. The lowest BCUT2D eigenvalue weighted by Crippen LogP contribution is -2.41. The van der Waals surface area contributed by atoms with Crippen LogP contribution in [-0.4, -0.2) is 65.1 Å². The third-order valence-electron chi connectivity index (χ3n) is 4.30. The van der Waals surface area contributed by atoms with Crippen molar-refractivity contribution in [3.05, 3.63) is 30.1 Å². The molecule has 0 aliphatic carbocycles. The number of aromatic nitrogens is 1. The summed E-state index contributed by atoms with van der Waals surface area (Å²) in [5.74, 6) is -2.76. The van der Waals surface area contributed by atoms with E-state index in [-0.39, 0.29) is 12.2 Å². The zero-order valence-corrected chi connectivity index (χ0v) is 14.5. The van der Waals surface area contributed by atoms with Crippen LogP contribution >= 0.6 is 0 Å². The molecule has 0 radical (unpaired) electrons. The van der Waals surface area contributed by atoms with Gasteiger partial charge in [0.05, 0.1) is 11.8 Å². The molecule has 26 heavy (non-hydrogen) atoms. The molecule has 2 aliphatic rings. The van der Waals surface area contributed by atoms with Gasteiger partial charge in [-0.2, -0.15) is 13.2 Å². The van der Waals surface area contributed by atoms with E-state index in [1.54, 1.807) is 0 Å². The Bertz CT molecular complexity index is 571. The number of nitrogens with zero attached hydrogens (tertiary/aromatic N) is 2. The third-order valence-corrected chi connectivity index (χ3v) is 4.30. The van der Waals surface area contributed by atoms with Gasteiger partial charge in [-0.25, -0.2) is 4.79 Å². The molecule has 0 spiro atoms. The Morgan fingerprint density at radius 3 is 2.77 bits per heavy atom. The summed E-state index contributed by atoms with van der Waals surface area (Å²) in [5, 5.41) is 7.12. The van der Waals surface area contributed by atoms with Crippen molar-refractivity contribution in [1.82, 2.24) is 9.88 Å². The van der Waals surface area contributed by atoms with Crippen LogP contribution in [0.1, 0.15) is 25.5 Å². The number of likely N-dealkylation sites (tertiary alicyclic amines) is 1. The predicted molar refractivity (Wildman–Crippen MR) is 86.5 cm³/mol. The van der Waals surface area contributed by atoms with Gasteiger partial charge in [0.1, 0.15) is 6.10 Å². The van der Waals surface area contributed by atoms with E-state index < -0.39 is 12.1 Å². The average Bonchev–Trinajstić information content (AvgIpc) is 2.94. The van der Waals surface area contributed by atoms with Gasteiger partial charge in [0.15, 0.2) is 0 Å². The van der Waals surface area contributed by atoms with E-state index >= 15 is 0 Å². The van der Waals surface area contributed by atoms with E-state index in [0.29, 0.717) is 6.04 Å². The molecule has 2 saturated heterocycles. The van der Waals surface area contributed by atoms with Crippen molar-refractivity contribution in [2.75, 3.05) is 19.8 Å². The molecule has 3 heterocycles. The standard InChI is InChI=1S/C15H22N2O2.C2HF3O2/c1-2-18-14-11-17(10-12-6-3-4-8-16-12)13-7-5-9-19-15(13)14;3-2(4,5)1(6)7/h3-4,6,8,13-15H,2,5,7,9-11H2,1H3;(H,6,7)/t13-,14+,15+;/m1./s1. The number of carboxylic acid groups (broad SMARTS) is 1. The van der Waals surface area contributed by atoms with Crippen molar-refractivity contribution in [3.8, 4) is 0 Å². The van der Waals surface area contributed by atoms with Crippen LogP contribution < -0.4 is 0 Å². The molecule has 2 fully saturated rings. The number of hydrogen-bond acceptors (Lipinski definition) is 5. The first-order valence-corrected chi connectivity index (χ1v) is 8.50. The number of pyridine rings is 1. The lowest BCUT2D eigenvalue weighted by atomic mass is 10.0. The summed E-state index contributed by atoms with van der Waals surface area (Å²) in [4.78, 5) is 15.8. The van der Waals surface area contributed by atoms with E-state index in [0.717, 1.165) is 38.4 Å². The van der Waals surface area contributed by atoms with Crippen LogP contribution in [0.2, 0.25) is 0 Å². The average molecular weight is 376 g/mol. The van der Waals surface area contributed by atoms with Crippen molar-refractivity contribution in [2.24, 2.45) is 0 Å². The Balaban J connectivity index is 0.000000298.